The Kier molecular flexibility index (Phi) is 1.87. The van der Waals surface area contributed by atoms with Crippen LogP contribution >= 0.6 is 0 Å². The number of anilines is 1. The van der Waals surface area contributed by atoms with Crippen molar-refractivity contribution < 1.29 is 9.53 Å². The topological polar surface area (TPSA) is 29.5 Å². The predicted molar refractivity (Wildman–Crippen MR) is 73.0 cm³/mol. The van der Waals surface area contributed by atoms with Gasteiger partial charge in [-0.2, -0.15) is 0 Å². The summed E-state index contributed by atoms with van der Waals surface area (Å²) in [5.41, 5.74) is 3.40. The van der Waals surface area contributed by atoms with E-state index in [1.807, 2.05) is 0 Å². The lowest BCUT2D eigenvalue weighted by Gasteiger charge is -2.45. The maximum absolute atomic E-state index is 12.2. The maximum Gasteiger partial charge on any atom is 0.331 e. The third-order valence-electron chi connectivity index (χ3n) is 5.53. The molecule has 0 radical (unpaired) electrons. The lowest BCUT2D eigenvalue weighted by Crippen LogP contribution is -2.50. The van der Waals surface area contributed by atoms with Gasteiger partial charge in [0.1, 0.15) is 6.04 Å². The highest BCUT2D eigenvalue weighted by Crippen LogP contribution is 2.61. The molecule has 3 heteroatoms. The highest BCUT2D eigenvalue weighted by Gasteiger charge is 2.69. The predicted octanol–water partition coefficient (Wildman–Crippen LogP) is 2.83. The lowest BCUT2D eigenvalue weighted by atomic mass is 9.72. The summed E-state index contributed by atoms with van der Waals surface area (Å²) in [5, 5.41) is 0. The third kappa shape index (κ3) is 1.05. The van der Waals surface area contributed by atoms with Crippen LogP contribution in [-0.4, -0.2) is 17.7 Å². The monoisotopic (exact) mass is 257 g/mol. The van der Waals surface area contributed by atoms with Gasteiger partial charge in [-0.15, -0.1) is 0 Å². The molecule has 0 N–H and O–H groups in total. The quantitative estimate of drug-likeness (QED) is 0.669. The Bertz CT molecular complexity index is 596. The van der Waals surface area contributed by atoms with Gasteiger partial charge < -0.3 is 9.64 Å². The zero-order chi connectivity index (χ0) is 13.5. The highest BCUT2D eigenvalue weighted by molar-refractivity contribution is 5.89. The molecule has 3 heterocycles. The van der Waals surface area contributed by atoms with Crippen LogP contribution in [0.3, 0.4) is 0 Å². The smallest absolute Gasteiger partial charge is 0.331 e. The van der Waals surface area contributed by atoms with E-state index in [0.717, 1.165) is 0 Å². The van der Waals surface area contributed by atoms with E-state index >= 15 is 0 Å². The molecule has 4 bridgehead atoms. The van der Waals surface area contributed by atoms with E-state index in [4.69, 9.17) is 4.74 Å². The Labute approximate surface area is 113 Å². The van der Waals surface area contributed by atoms with Gasteiger partial charge in [0.05, 0.1) is 0 Å². The second-order valence-corrected chi connectivity index (χ2v) is 6.48. The molecule has 19 heavy (non-hydrogen) atoms. The Morgan fingerprint density at radius 3 is 2.79 bits per heavy atom. The van der Waals surface area contributed by atoms with Crippen LogP contribution in [-0.2, 0) is 9.53 Å². The van der Waals surface area contributed by atoms with E-state index in [9.17, 15) is 4.79 Å². The zero-order valence-electron chi connectivity index (χ0n) is 11.8. The average molecular weight is 257 g/mol. The number of carbonyl (C=O) groups excluding carboxylic acids is 1. The fourth-order valence-corrected chi connectivity index (χ4v) is 4.91. The molecule has 0 aromatic heterocycles. The fraction of sp³-hybridized carbons (Fsp3) is 0.562. The molecule has 1 aromatic carbocycles. The zero-order valence-corrected chi connectivity index (χ0v) is 11.8. The van der Waals surface area contributed by atoms with Gasteiger partial charge in [-0.25, -0.2) is 4.79 Å². The van der Waals surface area contributed by atoms with Crippen molar-refractivity contribution in [1.29, 1.82) is 0 Å². The second kappa shape index (κ2) is 3.14. The van der Waals surface area contributed by atoms with E-state index in [1.54, 1.807) is 0 Å². The lowest BCUT2D eigenvalue weighted by molar-refractivity contribution is -0.161. The minimum atomic E-state index is -0.445. The van der Waals surface area contributed by atoms with Gasteiger partial charge in [0.25, 0.3) is 0 Å². The first-order valence-corrected chi connectivity index (χ1v) is 7.08. The molecule has 100 valence electrons. The number of aryl methyl sites for hydroxylation is 1. The Morgan fingerprint density at radius 1 is 1.32 bits per heavy atom. The Hall–Kier alpha value is -1.51. The SMILES string of the molecule is Cc1cccc2c1N1[C@H]3C(=O)O[C@]1(C)[C@H]([C@@H]3C)[C@@H]2C. The molecule has 0 amide bonds. The van der Waals surface area contributed by atoms with E-state index < -0.39 is 5.72 Å². The number of para-hydroxylation sites is 1. The molecule has 0 aliphatic carbocycles. The van der Waals surface area contributed by atoms with Crippen LogP contribution in [0, 0.1) is 18.8 Å². The number of rotatable bonds is 0. The molecule has 0 spiro atoms. The largest absolute Gasteiger partial charge is 0.437 e. The van der Waals surface area contributed by atoms with Crippen LogP contribution in [0.25, 0.3) is 0 Å². The molecule has 0 unspecified atom stereocenters. The van der Waals surface area contributed by atoms with Gasteiger partial charge in [-0.3, -0.25) is 0 Å². The van der Waals surface area contributed by atoms with Gasteiger partial charge in [0.2, 0.25) is 0 Å². The van der Waals surface area contributed by atoms with Gasteiger partial charge in [-0.05, 0) is 36.8 Å². The fourth-order valence-electron chi connectivity index (χ4n) is 4.91. The standard InChI is InChI=1S/C16H19NO2/c1-8-6-5-7-11-9(2)12-10(3)14-15(18)19-16(12,4)17(14)13(8)11/h5-7,9-10,12,14H,1-4H3/t9-,10+,12+,14-,16-/m1/s1. The van der Waals surface area contributed by atoms with Crippen molar-refractivity contribution in [3.8, 4) is 0 Å². The van der Waals surface area contributed by atoms with Crippen molar-refractivity contribution in [3.05, 3.63) is 29.3 Å². The Morgan fingerprint density at radius 2 is 2.05 bits per heavy atom. The number of carbonyl (C=O) groups is 1. The summed E-state index contributed by atoms with van der Waals surface area (Å²) in [6.45, 7) is 8.69. The van der Waals surface area contributed by atoms with Crippen LogP contribution < -0.4 is 4.90 Å². The number of hydrogen-bond donors (Lipinski definition) is 0. The number of fused-ring (bicyclic) bond motifs is 1. The van der Waals surface area contributed by atoms with Crippen molar-refractivity contribution >= 4 is 11.7 Å². The third-order valence-corrected chi connectivity index (χ3v) is 5.53. The summed E-state index contributed by atoms with van der Waals surface area (Å²) < 4.78 is 5.75. The molecule has 1 aromatic rings. The van der Waals surface area contributed by atoms with Gasteiger partial charge >= 0.3 is 5.97 Å². The van der Waals surface area contributed by atoms with Crippen molar-refractivity contribution in [3.63, 3.8) is 0 Å². The van der Waals surface area contributed by atoms with Crippen molar-refractivity contribution in [2.75, 3.05) is 4.90 Å². The molecule has 3 aliphatic rings. The first-order chi connectivity index (χ1) is 8.97. The van der Waals surface area contributed by atoms with Crippen LogP contribution in [0.5, 0.6) is 0 Å². The van der Waals surface area contributed by atoms with Crippen LogP contribution in [0.4, 0.5) is 5.69 Å². The first kappa shape index (κ1) is 11.3. The van der Waals surface area contributed by atoms with Gasteiger partial charge in [0, 0.05) is 11.6 Å². The van der Waals surface area contributed by atoms with Gasteiger partial charge in [-0.1, -0.05) is 32.0 Å². The van der Waals surface area contributed by atoms with E-state index in [-0.39, 0.29) is 12.0 Å². The second-order valence-electron chi connectivity index (χ2n) is 6.48. The Balaban J connectivity index is 2.04. The summed E-state index contributed by atoms with van der Waals surface area (Å²) in [7, 11) is 0. The number of hydrogen-bond acceptors (Lipinski definition) is 3. The van der Waals surface area contributed by atoms with Crippen molar-refractivity contribution in [2.24, 2.45) is 11.8 Å². The first-order valence-electron chi connectivity index (χ1n) is 7.08. The summed E-state index contributed by atoms with van der Waals surface area (Å²) in [6.07, 6.45) is 0. The highest BCUT2D eigenvalue weighted by atomic mass is 16.6. The van der Waals surface area contributed by atoms with Crippen LogP contribution in [0.1, 0.15) is 37.8 Å². The van der Waals surface area contributed by atoms with Crippen LogP contribution in [0.2, 0.25) is 0 Å². The van der Waals surface area contributed by atoms with Crippen molar-refractivity contribution in [1.82, 2.24) is 0 Å². The summed E-state index contributed by atoms with van der Waals surface area (Å²) in [6, 6.07) is 6.35. The summed E-state index contributed by atoms with van der Waals surface area (Å²) in [5.74, 6) is 1.14. The molecule has 5 atom stereocenters. The molecule has 4 rings (SSSR count). The maximum atomic E-state index is 12.2. The van der Waals surface area contributed by atoms with E-state index in [2.05, 4.69) is 50.8 Å². The molecule has 2 saturated heterocycles. The minimum absolute atomic E-state index is 0.0467. The molecule has 2 fully saturated rings. The number of benzene rings is 1. The van der Waals surface area contributed by atoms with E-state index in [1.165, 1.54) is 16.8 Å². The average Bonchev–Trinajstić information content (AvgIpc) is 2.67. The van der Waals surface area contributed by atoms with Crippen LogP contribution in [0.15, 0.2) is 18.2 Å². The number of nitrogens with zero attached hydrogens (tertiary/aromatic N) is 1. The number of esters is 1. The number of ether oxygens (including phenoxy) is 1. The molecule has 0 saturated carbocycles. The van der Waals surface area contributed by atoms with E-state index in [0.29, 0.717) is 17.8 Å². The minimum Gasteiger partial charge on any atom is -0.437 e. The van der Waals surface area contributed by atoms with Crippen molar-refractivity contribution in [2.45, 2.75) is 45.4 Å². The molecule has 3 aliphatic heterocycles. The van der Waals surface area contributed by atoms with Gasteiger partial charge in [0.15, 0.2) is 5.72 Å². The summed E-state index contributed by atoms with van der Waals surface area (Å²) in [4.78, 5) is 14.4. The molecule has 3 nitrogen and oxygen atoms in total. The molecular weight excluding hydrogens is 238 g/mol. The summed E-state index contributed by atoms with van der Waals surface area (Å²) >= 11 is 0. The molecular formula is C16H19NO2. The normalized spacial score (nSPS) is 42.3.